The van der Waals surface area contributed by atoms with Crippen molar-refractivity contribution in [1.29, 1.82) is 0 Å². The van der Waals surface area contributed by atoms with Crippen molar-refractivity contribution in [3.05, 3.63) is 89.4 Å². The second-order valence-electron chi connectivity index (χ2n) is 6.18. The van der Waals surface area contributed by atoms with Crippen LogP contribution >= 0.6 is 0 Å². The van der Waals surface area contributed by atoms with E-state index in [9.17, 15) is 23.4 Å². The number of rotatable bonds is 7. The number of benzene rings is 2. The van der Waals surface area contributed by atoms with Gasteiger partial charge in [-0.2, -0.15) is 0 Å². The normalized spacial score (nSPS) is 11.3. The number of hydrogen-bond acceptors (Lipinski definition) is 5. The van der Waals surface area contributed by atoms with Crippen molar-refractivity contribution in [2.24, 2.45) is 0 Å². The summed E-state index contributed by atoms with van der Waals surface area (Å²) in [6.45, 7) is 3.64. The number of carboxylic acid groups (broad SMARTS) is 1. The molecular weight excluding hydrogens is 380 g/mol. The number of aromatic carboxylic acids is 1. The number of carboxylic acids is 1. The maximum Gasteiger partial charge on any atom is 0.339 e. The van der Waals surface area contributed by atoms with E-state index in [1.807, 2.05) is 0 Å². The summed E-state index contributed by atoms with van der Waals surface area (Å²) in [6.07, 6.45) is 3.21. The van der Waals surface area contributed by atoms with Crippen LogP contribution in [0.3, 0.4) is 0 Å². The molecule has 0 saturated carbocycles. The number of phenols is 1. The van der Waals surface area contributed by atoms with E-state index < -0.39 is 32.9 Å². The first-order valence-corrected chi connectivity index (χ1v) is 10.0. The van der Waals surface area contributed by atoms with Crippen LogP contribution in [0.5, 0.6) is 5.75 Å². The second-order valence-corrected chi connectivity index (χ2v) is 8.17. The zero-order valence-electron chi connectivity index (χ0n) is 14.8. The Hall–Kier alpha value is -3.32. The monoisotopic (exact) mass is 398 g/mol. The summed E-state index contributed by atoms with van der Waals surface area (Å²) in [5, 5.41) is 20.1. The van der Waals surface area contributed by atoms with Gasteiger partial charge in [-0.3, -0.25) is 0 Å². The van der Waals surface area contributed by atoms with Crippen LogP contribution in [0.1, 0.15) is 32.8 Å². The van der Waals surface area contributed by atoms with Crippen molar-refractivity contribution in [2.75, 3.05) is 0 Å². The molecule has 28 heavy (non-hydrogen) atoms. The van der Waals surface area contributed by atoms with Crippen molar-refractivity contribution < 1.29 is 27.8 Å². The molecule has 2 N–H and O–H groups in total. The van der Waals surface area contributed by atoms with E-state index >= 15 is 0 Å². The summed E-state index contributed by atoms with van der Waals surface area (Å²) in [6, 6.07) is 12.4. The van der Waals surface area contributed by atoms with Crippen molar-refractivity contribution in [2.45, 2.75) is 17.1 Å². The number of sulfone groups is 1. The highest BCUT2D eigenvalue weighted by atomic mass is 32.2. The lowest BCUT2D eigenvalue weighted by atomic mass is 9.98. The minimum absolute atomic E-state index is 0.0220. The molecule has 7 heteroatoms. The molecule has 0 aliphatic rings. The van der Waals surface area contributed by atoms with Crippen LogP contribution in [-0.4, -0.2) is 24.6 Å². The molecule has 0 radical (unpaired) electrons. The zero-order chi connectivity index (χ0) is 20.3. The van der Waals surface area contributed by atoms with Crippen molar-refractivity contribution in [3.8, 4) is 5.75 Å². The summed E-state index contributed by atoms with van der Waals surface area (Å²) in [5.74, 6) is -1.86. The van der Waals surface area contributed by atoms with Crippen LogP contribution in [0.15, 0.2) is 70.7 Å². The van der Waals surface area contributed by atoms with Crippen LogP contribution in [0.25, 0.3) is 6.08 Å². The van der Waals surface area contributed by atoms with Crippen LogP contribution in [0.2, 0.25) is 0 Å². The Morgan fingerprint density at radius 3 is 2.36 bits per heavy atom. The smallest absolute Gasteiger partial charge is 0.339 e. The molecule has 0 amide bonds. The molecule has 0 aliphatic carbocycles. The van der Waals surface area contributed by atoms with Gasteiger partial charge in [-0.1, -0.05) is 36.9 Å². The molecule has 0 bridgehead atoms. The molecule has 144 valence electrons. The highest BCUT2D eigenvalue weighted by Crippen LogP contribution is 2.31. The number of carbonyl (C=O) groups is 1. The van der Waals surface area contributed by atoms with Gasteiger partial charge in [0, 0.05) is 12.0 Å². The summed E-state index contributed by atoms with van der Waals surface area (Å²) < 4.78 is 30.5. The van der Waals surface area contributed by atoms with Crippen LogP contribution in [0, 0.1) is 0 Å². The SMILES string of the molecule is C=Cc1occc1Cc1ccc(CS(=O)(=O)c2ccccc2)c(C(=O)O)c1O. The molecule has 0 unspecified atom stereocenters. The van der Waals surface area contributed by atoms with Crippen molar-refractivity contribution >= 4 is 21.9 Å². The molecule has 0 aliphatic heterocycles. The molecule has 3 aromatic rings. The minimum atomic E-state index is -3.76. The average Bonchev–Trinajstić information content (AvgIpc) is 3.11. The second kappa shape index (κ2) is 7.74. The zero-order valence-corrected chi connectivity index (χ0v) is 15.6. The van der Waals surface area contributed by atoms with E-state index in [2.05, 4.69) is 6.58 Å². The molecule has 1 heterocycles. The Morgan fingerprint density at radius 2 is 1.71 bits per heavy atom. The Labute approximate surface area is 162 Å². The number of hydrogen-bond donors (Lipinski definition) is 2. The number of furan rings is 1. The standard InChI is InChI=1S/C21H18O6S/c1-2-18-14(10-11-27-18)12-15-8-9-16(19(20(15)22)21(23)24)13-28(25,26)17-6-4-3-5-7-17/h2-11,22H,1,12-13H2,(H,23,24). The Kier molecular flexibility index (Phi) is 5.37. The van der Waals surface area contributed by atoms with E-state index in [1.165, 1.54) is 36.6 Å². The predicted molar refractivity (Wildman–Crippen MR) is 104 cm³/mol. The molecule has 6 nitrogen and oxygen atoms in total. The quantitative estimate of drug-likeness (QED) is 0.626. The Morgan fingerprint density at radius 1 is 1.04 bits per heavy atom. The highest BCUT2D eigenvalue weighted by molar-refractivity contribution is 7.90. The van der Waals surface area contributed by atoms with Gasteiger partial charge in [0.05, 0.1) is 16.9 Å². The third-order valence-corrected chi connectivity index (χ3v) is 6.04. The topological polar surface area (TPSA) is 105 Å². The van der Waals surface area contributed by atoms with E-state index in [0.717, 1.165) is 5.56 Å². The fourth-order valence-corrected chi connectivity index (χ4v) is 4.36. The summed E-state index contributed by atoms with van der Waals surface area (Å²) in [5.41, 5.74) is 0.684. The molecule has 2 aromatic carbocycles. The first kappa shape index (κ1) is 19.4. The van der Waals surface area contributed by atoms with Crippen molar-refractivity contribution in [3.63, 3.8) is 0 Å². The highest BCUT2D eigenvalue weighted by Gasteiger charge is 2.24. The lowest BCUT2D eigenvalue weighted by Gasteiger charge is -2.13. The molecule has 0 spiro atoms. The molecule has 0 fully saturated rings. The van der Waals surface area contributed by atoms with Gasteiger partial charge in [-0.15, -0.1) is 0 Å². The maximum atomic E-state index is 12.6. The fourth-order valence-electron chi connectivity index (χ4n) is 2.97. The van der Waals surface area contributed by atoms with Gasteiger partial charge in [0.15, 0.2) is 9.84 Å². The maximum absolute atomic E-state index is 12.6. The summed E-state index contributed by atoms with van der Waals surface area (Å²) in [7, 11) is -3.76. The summed E-state index contributed by atoms with van der Waals surface area (Å²) >= 11 is 0. The first-order chi connectivity index (χ1) is 13.3. The van der Waals surface area contributed by atoms with E-state index in [0.29, 0.717) is 11.3 Å². The van der Waals surface area contributed by atoms with Crippen LogP contribution < -0.4 is 0 Å². The Bertz CT molecular complexity index is 1130. The summed E-state index contributed by atoms with van der Waals surface area (Å²) in [4.78, 5) is 11.8. The third-order valence-electron chi connectivity index (χ3n) is 4.36. The van der Waals surface area contributed by atoms with Gasteiger partial charge < -0.3 is 14.6 Å². The van der Waals surface area contributed by atoms with E-state index in [4.69, 9.17) is 4.42 Å². The van der Waals surface area contributed by atoms with Crippen LogP contribution in [-0.2, 0) is 22.0 Å². The molecule has 1 aromatic heterocycles. The van der Waals surface area contributed by atoms with Gasteiger partial charge in [-0.05, 0) is 35.4 Å². The van der Waals surface area contributed by atoms with Gasteiger partial charge in [0.2, 0.25) is 0 Å². The van der Waals surface area contributed by atoms with Gasteiger partial charge in [-0.25, -0.2) is 13.2 Å². The fraction of sp³-hybridized carbons (Fsp3) is 0.0952. The van der Waals surface area contributed by atoms with Crippen LogP contribution in [0.4, 0.5) is 0 Å². The Balaban J connectivity index is 2.01. The molecule has 0 atom stereocenters. The first-order valence-electron chi connectivity index (χ1n) is 8.37. The van der Waals surface area contributed by atoms with Gasteiger partial charge in [0.25, 0.3) is 0 Å². The van der Waals surface area contributed by atoms with E-state index in [1.54, 1.807) is 24.3 Å². The number of aromatic hydroxyl groups is 1. The average molecular weight is 398 g/mol. The van der Waals surface area contributed by atoms with E-state index in [-0.39, 0.29) is 16.9 Å². The lowest BCUT2D eigenvalue weighted by molar-refractivity contribution is 0.0692. The van der Waals surface area contributed by atoms with Gasteiger partial charge in [0.1, 0.15) is 17.1 Å². The van der Waals surface area contributed by atoms with Gasteiger partial charge >= 0.3 is 5.97 Å². The molecular formula is C21H18O6S. The lowest BCUT2D eigenvalue weighted by Crippen LogP contribution is -2.11. The predicted octanol–water partition coefficient (Wildman–Crippen LogP) is 3.89. The molecule has 3 rings (SSSR count). The minimum Gasteiger partial charge on any atom is -0.507 e. The molecule has 0 saturated heterocycles. The van der Waals surface area contributed by atoms with Crippen molar-refractivity contribution in [1.82, 2.24) is 0 Å². The third kappa shape index (κ3) is 3.84. The largest absolute Gasteiger partial charge is 0.507 e.